The zero-order chi connectivity index (χ0) is 9.26. The summed E-state index contributed by atoms with van der Waals surface area (Å²) in [6.07, 6.45) is 2.04. The van der Waals surface area contributed by atoms with E-state index < -0.39 is 0 Å². The molecule has 0 saturated heterocycles. The number of fused-ring (bicyclic) bond motifs is 1. The molecule has 0 unspecified atom stereocenters. The van der Waals surface area contributed by atoms with Gasteiger partial charge in [0.15, 0.2) is 0 Å². The third-order valence-corrected chi connectivity index (χ3v) is 2.97. The maximum atomic E-state index is 4.40. The van der Waals surface area contributed by atoms with E-state index in [9.17, 15) is 0 Å². The van der Waals surface area contributed by atoms with Gasteiger partial charge in [-0.3, -0.25) is 0 Å². The fraction of sp³-hybridized carbons (Fsp3) is 0.100. The van der Waals surface area contributed by atoms with Crippen LogP contribution in [0.4, 0.5) is 0 Å². The largest absolute Gasteiger partial charge is 0.234 e. The second-order valence-corrected chi connectivity index (χ2v) is 4.28. The first-order chi connectivity index (χ1) is 6.31. The normalized spacial score (nSPS) is 10.6. The fourth-order valence-corrected chi connectivity index (χ4v) is 2.43. The van der Waals surface area contributed by atoms with Crippen LogP contribution >= 0.6 is 27.7 Å². The molecule has 0 fully saturated rings. The number of rotatable bonds is 1. The lowest BCUT2D eigenvalue weighted by atomic mass is 10.2. The number of nitrogens with zero attached hydrogens (tertiary/aromatic N) is 1. The molecule has 3 heteroatoms. The van der Waals surface area contributed by atoms with E-state index in [-0.39, 0.29) is 0 Å². The lowest BCUT2D eigenvalue weighted by molar-refractivity contribution is 1.14. The van der Waals surface area contributed by atoms with Crippen molar-refractivity contribution < 1.29 is 0 Å². The molecule has 0 spiro atoms. The van der Waals surface area contributed by atoms with Crippen LogP contribution in [0.3, 0.4) is 0 Å². The molecule has 1 nitrogen and oxygen atoms in total. The van der Waals surface area contributed by atoms with Crippen molar-refractivity contribution in [2.75, 3.05) is 6.26 Å². The van der Waals surface area contributed by atoms with Gasteiger partial charge >= 0.3 is 0 Å². The van der Waals surface area contributed by atoms with Crippen molar-refractivity contribution in [1.29, 1.82) is 0 Å². The molecule has 2 aromatic rings. The highest BCUT2D eigenvalue weighted by atomic mass is 79.9. The van der Waals surface area contributed by atoms with E-state index in [1.54, 1.807) is 11.8 Å². The Morgan fingerprint density at radius 2 is 2.08 bits per heavy atom. The quantitative estimate of drug-likeness (QED) is 0.568. The molecule has 0 saturated carbocycles. The van der Waals surface area contributed by atoms with E-state index in [0.29, 0.717) is 0 Å². The Bertz CT molecular complexity index is 442. The number of halogens is 1. The lowest BCUT2D eigenvalue weighted by Gasteiger charge is -2.02. The molecule has 0 atom stereocenters. The summed E-state index contributed by atoms with van der Waals surface area (Å²) in [6.45, 7) is 0. The average Bonchev–Trinajstić information content (AvgIpc) is 2.16. The van der Waals surface area contributed by atoms with Crippen molar-refractivity contribution in [1.82, 2.24) is 4.98 Å². The van der Waals surface area contributed by atoms with E-state index in [2.05, 4.69) is 33.0 Å². The number of hydrogen-bond acceptors (Lipinski definition) is 2. The van der Waals surface area contributed by atoms with E-state index in [4.69, 9.17) is 0 Å². The van der Waals surface area contributed by atoms with E-state index >= 15 is 0 Å². The van der Waals surface area contributed by atoms with Crippen LogP contribution in [0.15, 0.2) is 40.0 Å². The van der Waals surface area contributed by atoms with Gasteiger partial charge in [0.25, 0.3) is 0 Å². The van der Waals surface area contributed by atoms with Gasteiger partial charge in [0.1, 0.15) is 9.63 Å². The molecule has 0 aliphatic rings. The van der Waals surface area contributed by atoms with Crippen LogP contribution in [0.2, 0.25) is 0 Å². The lowest BCUT2D eigenvalue weighted by Crippen LogP contribution is -1.83. The van der Waals surface area contributed by atoms with Gasteiger partial charge in [-0.25, -0.2) is 4.98 Å². The summed E-state index contributed by atoms with van der Waals surface area (Å²) >= 11 is 5.07. The van der Waals surface area contributed by atoms with Crippen molar-refractivity contribution in [2.45, 2.75) is 5.03 Å². The first-order valence-corrected chi connectivity index (χ1v) is 5.92. The van der Waals surface area contributed by atoms with Gasteiger partial charge in [-0.05, 0) is 33.6 Å². The molecule has 1 heterocycles. The Morgan fingerprint density at radius 3 is 2.85 bits per heavy atom. The zero-order valence-electron chi connectivity index (χ0n) is 7.12. The van der Waals surface area contributed by atoms with E-state index in [1.807, 2.05) is 24.5 Å². The average molecular weight is 254 g/mol. The van der Waals surface area contributed by atoms with Crippen LogP contribution < -0.4 is 0 Å². The smallest absolute Gasteiger partial charge is 0.108 e. The van der Waals surface area contributed by atoms with Crippen molar-refractivity contribution in [3.63, 3.8) is 0 Å². The molecule has 1 aromatic heterocycles. The van der Waals surface area contributed by atoms with Gasteiger partial charge in [-0.2, -0.15) is 0 Å². The van der Waals surface area contributed by atoms with E-state index in [0.717, 1.165) is 9.63 Å². The van der Waals surface area contributed by atoms with Gasteiger partial charge in [-0.15, -0.1) is 11.8 Å². The fourth-order valence-electron chi connectivity index (χ4n) is 1.29. The minimum atomic E-state index is 0.899. The second-order valence-electron chi connectivity index (χ2n) is 2.68. The molecule has 1 aromatic carbocycles. The minimum Gasteiger partial charge on any atom is -0.234 e. The van der Waals surface area contributed by atoms with Crippen LogP contribution in [0, 0.1) is 0 Å². The van der Waals surface area contributed by atoms with Crippen molar-refractivity contribution in [3.8, 4) is 0 Å². The molecule has 66 valence electrons. The van der Waals surface area contributed by atoms with E-state index in [1.165, 1.54) is 10.8 Å². The predicted molar refractivity (Wildman–Crippen MR) is 61.2 cm³/mol. The van der Waals surface area contributed by atoms with Crippen LogP contribution in [0.5, 0.6) is 0 Å². The van der Waals surface area contributed by atoms with Gasteiger partial charge in [0.05, 0.1) is 0 Å². The summed E-state index contributed by atoms with van der Waals surface area (Å²) in [4.78, 5) is 4.40. The number of pyridine rings is 1. The number of aromatic nitrogens is 1. The van der Waals surface area contributed by atoms with Gasteiger partial charge in [-0.1, -0.05) is 24.3 Å². The monoisotopic (exact) mass is 253 g/mol. The van der Waals surface area contributed by atoms with Gasteiger partial charge in [0.2, 0.25) is 0 Å². The van der Waals surface area contributed by atoms with Gasteiger partial charge < -0.3 is 0 Å². The molecule has 0 N–H and O–H groups in total. The molecule has 0 amide bonds. The summed E-state index contributed by atoms with van der Waals surface area (Å²) in [5.41, 5.74) is 0. The van der Waals surface area contributed by atoms with Crippen molar-refractivity contribution >= 4 is 38.5 Å². The molecule has 13 heavy (non-hydrogen) atoms. The Labute approximate surface area is 89.7 Å². The summed E-state index contributed by atoms with van der Waals surface area (Å²) in [7, 11) is 0. The highest BCUT2D eigenvalue weighted by molar-refractivity contribution is 9.10. The summed E-state index contributed by atoms with van der Waals surface area (Å²) < 4.78 is 0.899. The molecule has 0 bridgehead atoms. The molecule has 2 rings (SSSR count). The molecule has 0 radical (unpaired) electrons. The highest BCUT2D eigenvalue weighted by Crippen LogP contribution is 2.26. The Balaban J connectivity index is 2.81. The minimum absolute atomic E-state index is 0.899. The summed E-state index contributed by atoms with van der Waals surface area (Å²) in [6, 6.07) is 10.3. The first kappa shape index (κ1) is 9.03. The SMILES string of the molecule is CSc1nc(Br)cc2ccccc12. The van der Waals surface area contributed by atoms with Crippen LogP contribution in [0.1, 0.15) is 0 Å². The molecule has 0 aliphatic carbocycles. The number of benzene rings is 1. The number of hydrogen-bond donors (Lipinski definition) is 0. The van der Waals surface area contributed by atoms with Gasteiger partial charge in [0, 0.05) is 5.39 Å². The maximum absolute atomic E-state index is 4.40. The number of thioether (sulfide) groups is 1. The maximum Gasteiger partial charge on any atom is 0.108 e. The third kappa shape index (κ3) is 1.71. The standard InChI is InChI=1S/C10H8BrNS/c1-13-10-8-5-3-2-4-7(8)6-9(11)12-10/h2-6H,1H3. The summed E-state index contributed by atoms with van der Waals surface area (Å²) in [5, 5.41) is 3.52. The van der Waals surface area contributed by atoms with Crippen LogP contribution in [-0.2, 0) is 0 Å². The summed E-state index contributed by atoms with van der Waals surface area (Å²) in [5.74, 6) is 0. The molecule has 0 aliphatic heterocycles. The first-order valence-electron chi connectivity index (χ1n) is 3.90. The zero-order valence-corrected chi connectivity index (χ0v) is 9.52. The Kier molecular flexibility index (Phi) is 2.56. The van der Waals surface area contributed by atoms with Crippen LogP contribution in [0.25, 0.3) is 10.8 Å². The second kappa shape index (κ2) is 3.68. The molecular weight excluding hydrogens is 246 g/mol. The van der Waals surface area contributed by atoms with Crippen LogP contribution in [-0.4, -0.2) is 11.2 Å². The highest BCUT2D eigenvalue weighted by Gasteiger charge is 2.01. The Morgan fingerprint density at radius 1 is 1.31 bits per heavy atom. The van der Waals surface area contributed by atoms with Crippen molar-refractivity contribution in [3.05, 3.63) is 34.9 Å². The topological polar surface area (TPSA) is 12.9 Å². The molecular formula is C10H8BrNS. The Hall–Kier alpha value is -0.540. The van der Waals surface area contributed by atoms with Crippen molar-refractivity contribution in [2.24, 2.45) is 0 Å². The third-order valence-electron chi connectivity index (χ3n) is 1.87. The predicted octanol–water partition coefficient (Wildman–Crippen LogP) is 3.72.